The Labute approximate surface area is 219 Å². The average molecular weight is 504 g/mol. The number of tetrazole rings is 1. The summed E-state index contributed by atoms with van der Waals surface area (Å²) in [4.78, 5) is 22.1. The van der Waals surface area contributed by atoms with Crippen LogP contribution in [0.15, 0.2) is 23.0 Å². The summed E-state index contributed by atoms with van der Waals surface area (Å²) in [5, 5.41) is 14.4. The molecule has 1 atom stereocenters. The van der Waals surface area contributed by atoms with Gasteiger partial charge in [0.15, 0.2) is 5.82 Å². The van der Waals surface area contributed by atoms with E-state index in [2.05, 4.69) is 67.0 Å². The highest BCUT2D eigenvalue weighted by molar-refractivity contribution is 5.85. The predicted octanol–water partition coefficient (Wildman–Crippen LogP) is 4.68. The quantitative estimate of drug-likeness (QED) is 0.545. The number of hydrogen-bond acceptors (Lipinski definition) is 6. The summed E-state index contributed by atoms with van der Waals surface area (Å²) < 4.78 is 2.06. The highest BCUT2D eigenvalue weighted by Gasteiger charge is 2.35. The molecule has 0 amide bonds. The van der Waals surface area contributed by atoms with Crippen molar-refractivity contribution in [3.8, 4) is 0 Å². The molecular formula is C29H41N7O. The van der Waals surface area contributed by atoms with E-state index in [4.69, 9.17) is 0 Å². The molecule has 0 bridgehead atoms. The van der Waals surface area contributed by atoms with Crippen molar-refractivity contribution in [3.63, 3.8) is 0 Å². The van der Waals surface area contributed by atoms with E-state index in [9.17, 15) is 4.79 Å². The lowest BCUT2D eigenvalue weighted by Gasteiger charge is -2.43. The van der Waals surface area contributed by atoms with E-state index in [1.807, 2.05) is 0 Å². The van der Waals surface area contributed by atoms with Crippen molar-refractivity contribution in [1.82, 2.24) is 35.0 Å². The van der Waals surface area contributed by atoms with Gasteiger partial charge < -0.3 is 4.98 Å². The summed E-state index contributed by atoms with van der Waals surface area (Å²) in [5.74, 6) is 0.827. The maximum absolute atomic E-state index is 13.7. The second kappa shape index (κ2) is 10.7. The molecule has 0 unspecified atom stereocenters. The number of aryl methyl sites for hydroxylation is 2. The first-order valence-electron chi connectivity index (χ1n) is 14.5. The third kappa shape index (κ3) is 4.86. The summed E-state index contributed by atoms with van der Waals surface area (Å²) in [7, 11) is 0. The molecule has 2 aromatic heterocycles. The van der Waals surface area contributed by atoms with Crippen molar-refractivity contribution in [2.75, 3.05) is 26.2 Å². The summed E-state index contributed by atoms with van der Waals surface area (Å²) in [6.07, 6.45) is 12.7. The van der Waals surface area contributed by atoms with Crippen molar-refractivity contribution in [3.05, 3.63) is 51.1 Å². The maximum Gasteiger partial charge on any atom is 0.253 e. The summed E-state index contributed by atoms with van der Waals surface area (Å²) in [6, 6.07) is 7.13. The van der Waals surface area contributed by atoms with E-state index in [-0.39, 0.29) is 11.6 Å². The van der Waals surface area contributed by atoms with E-state index in [1.165, 1.54) is 56.9 Å². The lowest BCUT2D eigenvalue weighted by Crippen LogP contribution is -2.52. The minimum atomic E-state index is -0.251. The fraction of sp³-hybridized carbons (Fsp3) is 0.655. The van der Waals surface area contributed by atoms with Gasteiger partial charge in [-0.1, -0.05) is 50.7 Å². The number of fused-ring (bicyclic) bond motifs is 1. The number of hydrogen-bond donors (Lipinski definition) is 1. The van der Waals surface area contributed by atoms with E-state index in [0.29, 0.717) is 6.04 Å². The molecule has 1 aromatic carbocycles. The molecule has 1 aliphatic heterocycles. The van der Waals surface area contributed by atoms with Gasteiger partial charge in [0, 0.05) is 43.2 Å². The van der Waals surface area contributed by atoms with Crippen LogP contribution in [0.3, 0.4) is 0 Å². The second-order valence-corrected chi connectivity index (χ2v) is 11.6. The molecule has 2 aliphatic carbocycles. The van der Waals surface area contributed by atoms with E-state index >= 15 is 0 Å². The molecule has 8 nitrogen and oxygen atoms in total. The van der Waals surface area contributed by atoms with Gasteiger partial charge in [-0.3, -0.25) is 14.6 Å². The Morgan fingerprint density at radius 1 is 0.865 bits per heavy atom. The van der Waals surface area contributed by atoms with Crippen molar-refractivity contribution in [2.45, 2.75) is 96.2 Å². The summed E-state index contributed by atoms with van der Waals surface area (Å²) >= 11 is 0. The molecular weight excluding hydrogens is 462 g/mol. The molecule has 3 aliphatic rings. The molecule has 8 heteroatoms. The van der Waals surface area contributed by atoms with Crippen LogP contribution in [0.4, 0.5) is 0 Å². The van der Waals surface area contributed by atoms with Crippen LogP contribution in [0.1, 0.15) is 98.8 Å². The molecule has 3 heterocycles. The zero-order chi connectivity index (χ0) is 25.4. The zero-order valence-corrected chi connectivity index (χ0v) is 22.5. The molecule has 198 valence electrons. The first kappa shape index (κ1) is 24.7. The molecule has 1 saturated heterocycles. The van der Waals surface area contributed by atoms with Gasteiger partial charge in [0.05, 0.1) is 11.6 Å². The Kier molecular flexibility index (Phi) is 7.12. The van der Waals surface area contributed by atoms with Gasteiger partial charge in [0.25, 0.3) is 5.56 Å². The number of nitrogens with one attached hydrogen (secondary N) is 1. The highest BCUT2D eigenvalue weighted by atomic mass is 16.1. The van der Waals surface area contributed by atoms with E-state index < -0.39 is 0 Å². The predicted molar refractivity (Wildman–Crippen MR) is 146 cm³/mol. The Morgan fingerprint density at radius 2 is 1.51 bits per heavy atom. The standard InChI is InChI=1S/C29H41N7O/c1-20-13-14-21(2)26-24(20)19-25(29(37)30-26)27(28-31-32-33-36(28)23-11-7-4-8-12-23)35-17-15-34(16-18-35)22-9-5-3-6-10-22/h13-14,19,22-23,27H,3-12,15-18H2,1-2H3,(H,30,37)/t27-/m0/s1. The average Bonchev–Trinajstić information content (AvgIpc) is 3.42. The number of benzene rings is 1. The van der Waals surface area contributed by atoms with Gasteiger partial charge in [0.1, 0.15) is 6.04 Å². The summed E-state index contributed by atoms with van der Waals surface area (Å²) in [5.41, 5.74) is 3.93. The van der Waals surface area contributed by atoms with Crippen molar-refractivity contribution in [1.29, 1.82) is 0 Å². The number of rotatable bonds is 5. The largest absolute Gasteiger partial charge is 0.321 e. The number of aromatic amines is 1. The van der Waals surface area contributed by atoms with Crippen molar-refractivity contribution >= 4 is 10.9 Å². The molecule has 37 heavy (non-hydrogen) atoms. The molecule has 6 rings (SSSR count). The van der Waals surface area contributed by atoms with Gasteiger partial charge in [-0.05, 0) is 67.2 Å². The number of nitrogens with zero attached hydrogens (tertiary/aromatic N) is 6. The van der Waals surface area contributed by atoms with Gasteiger partial charge >= 0.3 is 0 Å². The first-order valence-corrected chi connectivity index (χ1v) is 14.5. The fourth-order valence-corrected chi connectivity index (χ4v) is 7.07. The Balaban J connectivity index is 1.39. The highest BCUT2D eigenvalue weighted by Crippen LogP contribution is 2.34. The van der Waals surface area contributed by atoms with Crippen LogP contribution in [-0.4, -0.2) is 67.2 Å². The molecule has 2 saturated carbocycles. The molecule has 3 aromatic rings. The van der Waals surface area contributed by atoms with Gasteiger partial charge in [-0.25, -0.2) is 4.68 Å². The van der Waals surface area contributed by atoms with Crippen molar-refractivity contribution in [2.24, 2.45) is 0 Å². The summed E-state index contributed by atoms with van der Waals surface area (Å²) in [6.45, 7) is 8.09. The molecule has 1 N–H and O–H groups in total. The normalized spacial score (nSPS) is 22.0. The second-order valence-electron chi connectivity index (χ2n) is 11.6. The number of piperazine rings is 1. The van der Waals surface area contributed by atoms with Crippen LogP contribution < -0.4 is 5.56 Å². The number of H-pyrrole nitrogens is 1. The fourth-order valence-electron chi connectivity index (χ4n) is 7.07. The van der Waals surface area contributed by atoms with Gasteiger partial charge in [-0.15, -0.1) is 5.10 Å². The monoisotopic (exact) mass is 503 g/mol. The molecule has 3 fully saturated rings. The van der Waals surface area contributed by atoms with Crippen LogP contribution in [0.2, 0.25) is 0 Å². The maximum atomic E-state index is 13.7. The lowest BCUT2D eigenvalue weighted by molar-refractivity contribution is 0.0610. The van der Waals surface area contributed by atoms with Crippen molar-refractivity contribution < 1.29 is 0 Å². The third-order valence-corrected chi connectivity index (χ3v) is 9.26. The molecule has 0 radical (unpaired) electrons. The topological polar surface area (TPSA) is 82.9 Å². The number of aromatic nitrogens is 5. The molecule has 0 spiro atoms. The SMILES string of the molecule is Cc1ccc(C)c2[nH]c(=O)c([C@@H](c3nnnn3C3CCCCC3)N3CCN(C4CCCCC4)CC3)cc12. The first-order chi connectivity index (χ1) is 18.1. The van der Waals surface area contributed by atoms with E-state index in [0.717, 1.165) is 72.9 Å². The van der Waals surface area contributed by atoms with Crippen LogP contribution in [0.25, 0.3) is 10.9 Å². The Bertz CT molecular complexity index is 1280. The van der Waals surface area contributed by atoms with Crippen LogP contribution >= 0.6 is 0 Å². The van der Waals surface area contributed by atoms with Crippen LogP contribution in [-0.2, 0) is 0 Å². The van der Waals surface area contributed by atoms with Crippen LogP contribution in [0, 0.1) is 13.8 Å². The minimum Gasteiger partial charge on any atom is -0.321 e. The van der Waals surface area contributed by atoms with Gasteiger partial charge in [0.2, 0.25) is 0 Å². The zero-order valence-electron chi connectivity index (χ0n) is 22.5. The van der Waals surface area contributed by atoms with E-state index in [1.54, 1.807) is 0 Å². The lowest BCUT2D eigenvalue weighted by atomic mass is 9.93. The minimum absolute atomic E-state index is 0.0286. The Morgan fingerprint density at radius 3 is 2.22 bits per heavy atom. The Hall–Kier alpha value is -2.58. The number of pyridine rings is 1. The third-order valence-electron chi connectivity index (χ3n) is 9.26. The van der Waals surface area contributed by atoms with Gasteiger partial charge in [-0.2, -0.15) is 0 Å². The smallest absolute Gasteiger partial charge is 0.253 e. The van der Waals surface area contributed by atoms with Crippen LogP contribution in [0.5, 0.6) is 0 Å².